The van der Waals surface area contributed by atoms with Crippen LogP contribution in [0.5, 0.6) is 5.75 Å². The largest absolute Gasteiger partial charge is 0.496 e. The molecule has 2 unspecified atom stereocenters. The SMILES string of the molecule is CCC#CC(C)C(C)c1cc(Cl)cc(C(C)C)c1OC. The molecule has 2 heteroatoms. The zero-order chi connectivity index (χ0) is 15.3. The number of hydrogen-bond acceptors (Lipinski definition) is 1. The highest BCUT2D eigenvalue weighted by Crippen LogP contribution is 2.39. The summed E-state index contributed by atoms with van der Waals surface area (Å²) in [5, 5.41) is 0.770. The molecular weight excluding hydrogens is 268 g/mol. The van der Waals surface area contributed by atoms with Gasteiger partial charge in [-0.3, -0.25) is 0 Å². The van der Waals surface area contributed by atoms with Crippen LogP contribution in [0.3, 0.4) is 0 Å². The molecule has 0 fully saturated rings. The van der Waals surface area contributed by atoms with Crippen LogP contribution in [0.15, 0.2) is 12.1 Å². The highest BCUT2D eigenvalue weighted by molar-refractivity contribution is 6.30. The van der Waals surface area contributed by atoms with Gasteiger partial charge in [-0.2, -0.15) is 0 Å². The molecule has 0 radical (unpaired) electrons. The second-order valence-corrected chi connectivity index (χ2v) is 5.96. The fourth-order valence-corrected chi connectivity index (χ4v) is 2.53. The van der Waals surface area contributed by atoms with Crippen molar-refractivity contribution < 1.29 is 4.74 Å². The summed E-state index contributed by atoms with van der Waals surface area (Å²) in [4.78, 5) is 0. The Kier molecular flexibility index (Phi) is 6.43. The van der Waals surface area contributed by atoms with Gasteiger partial charge in [0, 0.05) is 17.4 Å². The maximum atomic E-state index is 6.28. The summed E-state index contributed by atoms with van der Waals surface area (Å²) < 4.78 is 5.66. The summed E-state index contributed by atoms with van der Waals surface area (Å²) in [6, 6.07) is 4.02. The van der Waals surface area contributed by atoms with Crippen molar-refractivity contribution in [3.05, 3.63) is 28.3 Å². The minimum atomic E-state index is 0.280. The molecule has 0 saturated carbocycles. The van der Waals surface area contributed by atoms with Crippen molar-refractivity contribution in [1.82, 2.24) is 0 Å². The van der Waals surface area contributed by atoms with Crippen molar-refractivity contribution in [2.75, 3.05) is 7.11 Å². The Morgan fingerprint density at radius 1 is 1.15 bits per heavy atom. The van der Waals surface area contributed by atoms with Crippen molar-refractivity contribution in [2.24, 2.45) is 5.92 Å². The summed E-state index contributed by atoms with van der Waals surface area (Å²) in [6.07, 6.45) is 0.890. The predicted octanol–water partition coefficient (Wildman–Crippen LogP) is 5.63. The second-order valence-electron chi connectivity index (χ2n) is 5.52. The molecule has 1 rings (SSSR count). The van der Waals surface area contributed by atoms with Gasteiger partial charge in [0.2, 0.25) is 0 Å². The van der Waals surface area contributed by atoms with Crippen molar-refractivity contribution in [1.29, 1.82) is 0 Å². The van der Waals surface area contributed by atoms with Gasteiger partial charge in [0.25, 0.3) is 0 Å². The number of rotatable bonds is 4. The lowest BCUT2D eigenvalue weighted by Gasteiger charge is -2.22. The Balaban J connectivity index is 3.29. The Morgan fingerprint density at radius 2 is 1.75 bits per heavy atom. The van der Waals surface area contributed by atoms with E-state index < -0.39 is 0 Å². The van der Waals surface area contributed by atoms with Crippen molar-refractivity contribution in [2.45, 2.75) is 52.9 Å². The summed E-state index contributed by atoms with van der Waals surface area (Å²) in [5.41, 5.74) is 2.32. The molecule has 1 nitrogen and oxygen atoms in total. The first-order chi connectivity index (χ1) is 9.42. The molecule has 2 atom stereocenters. The summed E-state index contributed by atoms with van der Waals surface area (Å²) in [5.74, 6) is 8.38. The molecule has 0 spiro atoms. The first kappa shape index (κ1) is 16.9. The zero-order valence-electron chi connectivity index (χ0n) is 13.4. The average molecular weight is 293 g/mol. The summed E-state index contributed by atoms with van der Waals surface area (Å²) in [6.45, 7) is 10.7. The van der Waals surface area contributed by atoms with Gasteiger partial charge in [-0.25, -0.2) is 0 Å². The van der Waals surface area contributed by atoms with Crippen LogP contribution in [0.2, 0.25) is 5.02 Å². The predicted molar refractivity (Wildman–Crippen MR) is 87.7 cm³/mol. The first-order valence-corrected chi connectivity index (χ1v) is 7.65. The summed E-state index contributed by atoms with van der Waals surface area (Å²) in [7, 11) is 1.73. The number of halogens is 1. The van der Waals surface area contributed by atoms with Crippen LogP contribution in [-0.4, -0.2) is 7.11 Å². The number of benzene rings is 1. The van der Waals surface area contributed by atoms with Gasteiger partial charge in [-0.1, -0.05) is 52.1 Å². The fraction of sp³-hybridized carbons (Fsp3) is 0.556. The molecule has 0 heterocycles. The Morgan fingerprint density at radius 3 is 2.25 bits per heavy atom. The van der Waals surface area contributed by atoms with E-state index in [4.69, 9.17) is 16.3 Å². The van der Waals surface area contributed by atoms with E-state index in [2.05, 4.69) is 46.5 Å². The minimum absolute atomic E-state index is 0.280. The number of ether oxygens (including phenoxy) is 1. The molecule has 110 valence electrons. The van der Waals surface area contributed by atoms with Crippen molar-refractivity contribution in [3.8, 4) is 17.6 Å². The van der Waals surface area contributed by atoms with Crippen LogP contribution in [0.25, 0.3) is 0 Å². The molecule has 0 bridgehead atoms. The third-order valence-electron chi connectivity index (χ3n) is 3.68. The summed E-state index contributed by atoms with van der Waals surface area (Å²) >= 11 is 6.28. The van der Waals surface area contributed by atoms with E-state index in [1.165, 1.54) is 0 Å². The third-order valence-corrected chi connectivity index (χ3v) is 3.90. The Bertz CT molecular complexity index is 508. The molecule has 0 amide bonds. The van der Waals surface area contributed by atoms with Crippen LogP contribution in [0.1, 0.15) is 64.0 Å². The minimum Gasteiger partial charge on any atom is -0.496 e. The maximum Gasteiger partial charge on any atom is 0.125 e. The molecule has 0 aromatic heterocycles. The average Bonchev–Trinajstić information content (AvgIpc) is 2.42. The monoisotopic (exact) mass is 292 g/mol. The molecule has 1 aromatic carbocycles. The van der Waals surface area contributed by atoms with E-state index in [0.29, 0.717) is 11.8 Å². The van der Waals surface area contributed by atoms with Crippen LogP contribution in [-0.2, 0) is 0 Å². The van der Waals surface area contributed by atoms with Gasteiger partial charge in [0.1, 0.15) is 5.75 Å². The molecule has 0 N–H and O–H groups in total. The first-order valence-electron chi connectivity index (χ1n) is 7.28. The normalized spacial score (nSPS) is 13.6. The van der Waals surface area contributed by atoms with Gasteiger partial charge in [-0.15, -0.1) is 5.92 Å². The molecule has 1 aromatic rings. The van der Waals surface area contributed by atoms with Gasteiger partial charge in [0.05, 0.1) is 7.11 Å². The zero-order valence-corrected chi connectivity index (χ0v) is 14.1. The lowest BCUT2D eigenvalue weighted by Crippen LogP contribution is -2.08. The van der Waals surface area contributed by atoms with E-state index in [9.17, 15) is 0 Å². The highest BCUT2D eigenvalue weighted by Gasteiger charge is 2.21. The van der Waals surface area contributed by atoms with E-state index in [1.807, 2.05) is 12.1 Å². The lowest BCUT2D eigenvalue weighted by atomic mass is 9.86. The lowest BCUT2D eigenvalue weighted by molar-refractivity contribution is 0.395. The molecule has 0 aliphatic heterocycles. The van der Waals surface area contributed by atoms with Crippen molar-refractivity contribution >= 4 is 11.6 Å². The molecular formula is C18H25ClO. The quantitative estimate of drug-likeness (QED) is 0.654. The van der Waals surface area contributed by atoms with Gasteiger partial charge in [-0.05, 0) is 35.1 Å². The number of hydrogen-bond donors (Lipinski definition) is 0. The third kappa shape index (κ3) is 3.93. The van der Waals surface area contributed by atoms with Crippen LogP contribution >= 0.6 is 11.6 Å². The molecule has 20 heavy (non-hydrogen) atoms. The highest BCUT2D eigenvalue weighted by atomic mass is 35.5. The standard InChI is InChI=1S/C18H25ClO/c1-7-8-9-13(4)14(5)17-11-15(19)10-16(12(2)3)18(17)20-6/h10-14H,7H2,1-6H3. The Labute approximate surface area is 128 Å². The molecule has 0 aliphatic rings. The number of methoxy groups -OCH3 is 1. The maximum absolute atomic E-state index is 6.28. The van der Waals surface area contributed by atoms with E-state index in [-0.39, 0.29) is 5.92 Å². The van der Waals surface area contributed by atoms with Crippen molar-refractivity contribution in [3.63, 3.8) is 0 Å². The molecule has 0 aliphatic carbocycles. The van der Waals surface area contributed by atoms with Gasteiger partial charge >= 0.3 is 0 Å². The molecule has 0 saturated heterocycles. The van der Waals surface area contributed by atoms with Gasteiger partial charge in [0.15, 0.2) is 0 Å². The smallest absolute Gasteiger partial charge is 0.125 e. The fourth-order valence-electron chi connectivity index (χ4n) is 2.30. The van der Waals surface area contributed by atoms with Gasteiger partial charge < -0.3 is 4.74 Å². The Hall–Kier alpha value is -1.13. The van der Waals surface area contributed by atoms with E-state index in [1.54, 1.807) is 7.11 Å². The van der Waals surface area contributed by atoms with E-state index >= 15 is 0 Å². The van der Waals surface area contributed by atoms with Crippen LogP contribution in [0, 0.1) is 17.8 Å². The van der Waals surface area contributed by atoms with E-state index in [0.717, 1.165) is 28.3 Å². The second kappa shape index (κ2) is 7.60. The van der Waals surface area contributed by atoms with Crippen LogP contribution in [0.4, 0.5) is 0 Å². The van der Waals surface area contributed by atoms with Crippen LogP contribution < -0.4 is 4.74 Å². The topological polar surface area (TPSA) is 9.23 Å².